The van der Waals surface area contributed by atoms with Crippen LogP contribution >= 0.6 is 11.8 Å². The first-order valence-corrected chi connectivity index (χ1v) is 8.84. The third kappa shape index (κ3) is 6.27. The SMILES string of the molecule is C=C[C@H](O)C/C(=N/OS(=O)(=O)O)S[C@@H]1O[C@H](CO)[C@@H](O)[C@H](O)[C@H]1O. The molecule has 0 radical (unpaired) electrons. The molecule has 0 aromatic heterocycles. The third-order valence-corrected chi connectivity index (χ3v) is 4.39. The summed E-state index contributed by atoms with van der Waals surface area (Å²) < 4.78 is 38.8. The van der Waals surface area contributed by atoms with E-state index in [9.17, 15) is 28.8 Å². The molecule has 0 bridgehead atoms. The average Bonchev–Trinajstić information content (AvgIpc) is 2.52. The van der Waals surface area contributed by atoms with Gasteiger partial charge >= 0.3 is 10.4 Å². The Kier molecular flexibility index (Phi) is 8.04. The van der Waals surface area contributed by atoms with Crippen molar-refractivity contribution in [1.82, 2.24) is 0 Å². The Morgan fingerprint density at radius 3 is 2.46 bits per heavy atom. The molecule has 1 aliphatic rings. The largest absolute Gasteiger partial charge is 0.466 e. The van der Waals surface area contributed by atoms with Crippen molar-refractivity contribution in [3.8, 4) is 0 Å². The van der Waals surface area contributed by atoms with Crippen LogP contribution in [0.2, 0.25) is 0 Å². The molecule has 0 aromatic carbocycles. The number of thioether (sulfide) groups is 1. The van der Waals surface area contributed by atoms with Crippen LogP contribution in [0.4, 0.5) is 0 Å². The van der Waals surface area contributed by atoms with Gasteiger partial charge in [-0.05, 0) is 0 Å². The molecule has 0 aromatic rings. The van der Waals surface area contributed by atoms with Gasteiger partial charge in [0.25, 0.3) is 0 Å². The molecule has 0 spiro atoms. The molecule has 6 atom stereocenters. The van der Waals surface area contributed by atoms with Crippen molar-refractivity contribution >= 4 is 27.2 Å². The number of hydrogen-bond acceptors (Lipinski definition) is 11. The number of oxime groups is 1. The van der Waals surface area contributed by atoms with E-state index < -0.39 is 53.0 Å². The lowest BCUT2D eigenvalue weighted by Crippen LogP contribution is -2.57. The van der Waals surface area contributed by atoms with Crippen LogP contribution in [-0.2, 0) is 19.4 Å². The van der Waals surface area contributed by atoms with Crippen LogP contribution in [0.15, 0.2) is 17.8 Å². The minimum atomic E-state index is -4.89. The first-order valence-electron chi connectivity index (χ1n) is 6.59. The van der Waals surface area contributed by atoms with Gasteiger partial charge in [-0.1, -0.05) is 23.0 Å². The van der Waals surface area contributed by atoms with Crippen molar-refractivity contribution in [2.24, 2.45) is 5.16 Å². The first kappa shape index (κ1) is 21.3. The number of ether oxygens (including phenoxy) is 1. The number of hydrogen-bond donors (Lipinski definition) is 6. The summed E-state index contributed by atoms with van der Waals surface area (Å²) in [5.74, 6) is 0. The summed E-state index contributed by atoms with van der Waals surface area (Å²) in [6.45, 7) is 2.67. The average molecular weight is 389 g/mol. The molecule has 1 rings (SSSR count). The molecular weight excluding hydrogens is 370 g/mol. The maximum atomic E-state index is 10.6. The van der Waals surface area contributed by atoms with Crippen molar-refractivity contribution in [2.45, 2.75) is 42.4 Å². The van der Waals surface area contributed by atoms with Gasteiger partial charge in [-0.2, -0.15) is 8.42 Å². The first-order chi connectivity index (χ1) is 11.1. The van der Waals surface area contributed by atoms with Crippen LogP contribution in [0.5, 0.6) is 0 Å². The van der Waals surface area contributed by atoms with Crippen molar-refractivity contribution in [3.63, 3.8) is 0 Å². The topological polar surface area (TPSA) is 186 Å². The fraction of sp³-hybridized carbons (Fsp3) is 0.727. The molecular formula is C11H19NO10S2. The summed E-state index contributed by atoms with van der Waals surface area (Å²) in [5.41, 5.74) is -1.26. The highest BCUT2D eigenvalue weighted by Crippen LogP contribution is 2.30. The molecule has 1 saturated heterocycles. The molecule has 24 heavy (non-hydrogen) atoms. The van der Waals surface area contributed by atoms with Gasteiger partial charge in [-0.15, -0.1) is 6.58 Å². The van der Waals surface area contributed by atoms with E-state index >= 15 is 0 Å². The van der Waals surface area contributed by atoms with Gasteiger partial charge in [0.05, 0.1) is 12.7 Å². The second-order valence-corrected chi connectivity index (χ2v) is 6.99. The van der Waals surface area contributed by atoms with Gasteiger partial charge in [0.15, 0.2) is 0 Å². The van der Waals surface area contributed by atoms with Gasteiger partial charge in [-0.3, -0.25) is 4.55 Å². The lowest BCUT2D eigenvalue weighted by Gasteiger charge is -2.39. The Morgan fingerprint density at radius 1 is 1.33 bits per heavy atom. The maximum absolute atomic E-state index is 10.6. The van der Waals surface area contributed by atoms with E-state index in [-0.39, 0.29) is 11.5 Å². The van der Waals surface area contributed by atoms with Crippen molar-refractivity contribution in [1.29, 1.82) is 0 Å². The van der Waals surface area contributed by atoms with Crippen molar-refractivity contribution < 1.29 is 47.5 Å². The molecule has 13 heteroatoms. The Morgan fingerprint density at radius 2 is 1.96 bits per heavy atom. The van der Waals surface area contributed by atoms with Crippen LogP contribution in [-0.4, -0.2) is 86.1 Å². The van der Waals surface area contributed by atoms with Crippen LogP contribution in [0.25, 0.3) is 0 Å². The molecule has 140 valence electrons. The van der Waals surface area contributed by atoms with Crippen molar-refractivity contribution in [2.75, 3.05) is 6.61 Å². The highest BCUT2D eigenvalue weighted by Gasteiger charge is 2.44. The van der Waals surface area contributed by atoms with E-state index in [1.807, 2.05) is 0 Å². The summed E-state index contributed by atoms with van der Waals surface area (Å²) in [6, 6.07) is 0. The van der Waals surface area contributed by atoms with E-state index in [0.29, 0.717) is 11.8 Å². The molecule has 11 nitrogen and oxygen atoms in total. The normalized spacial score (nSPS) is 33.1. The molecule has 6 N–H and O–H groups in total. The lowest BCUT2D eigenvalue weighted by atomic mass is 10.0. The Labute approximate surface area is 142 Å². The van der Waals surface area contributed by atoms with Gasteiger partial charge in [0.2, 0.25) is 0 Å². The van der Waals surface area contributed by atoms with Gasteiger partial charge in [0.1, 0.15) is 34.9 Å². The number of aliphatic hydroxyl groups is 5. The Hall–Kier alpha value is -0.770. The van der Waals surface area contributed by atoms with Gasteiger partial charge in [0, 0.05) is 6.42 Å². The zero-order valence-corrected chi connectivity index (χ0v) is 13.9. The smallest absolute Gasteiger partial charge is 0.394 e. The van der Waals surface area contributed by atoms with Crippen LogP contribution in [0.1, 0.15) is 6.42 Å². The number of nitrogens with zero attached hydrogens (tertiary/aromatic N) is 1. The second kappa shape index (κ2) is 9.07. The number of rotatable bonds is 7. The van der Waals surface area contributed by atoms with Crippen LogP contribution in [0.3, 0.4) is 0 Å². The summed E-state index contributed by atoms with van der Waals surface area (Å²) in [6.07, 6.45) is -6.29. The number of aliphatic hydroxyl groups excluding tert-OH is 5. The molecule has 0 saturated carbocycles. The molecule has 1 heterocycles. The molecule has 0 aliphatic carbocycles. The summed E-state index contributed by atoms with van der Waals surface area (Å²) in [4.78, 5) is 0. The van der Waals surface area contributed by atoms with Gasteiger partial charge < -0.3 is 30.3 Å². The van der Waals surface area contributed by atoms with E-state index in [4.69, 9.17) is 14.4 Å². The standard InChI is InChI=1S/C11H19NO10S2/c1-2-5(14)3-7(12-22-24(18,19)20)23-11-10(17)9(16)8(15)6(4-13)21-11/h2,5-6,8-11,13-17H,1,3-4H2,(H,18,19,20)/b12-7-/t5-,6+,8+,9-,10+,11-/m0/s1. The zero-order chi connectivity index (χ0) is 18.5. The van der Waals surface area contributed by atoms with Crippen LogP contribution < -0.4 is 0 Å². The molecule has 0 unspecified atom stereocenters. The quantitative estimate of drug-likeness (QED) is 0.0895. The lowest BCUT2D eigenvalue weighted by molar-refractivity contribution is -0.205. The van der Waals surface area contributed by atoms with E-state index in [0.717, 1.165) is 6.08 Å². The molecule has 1 aliphatic heterocycles. The van der Waals surface area contributed by atoms with Crippen LogP contribution in [0, 0.1) is 0 Å². The summed E-state index contributed by atoms with van der Waals surface area (Å²) >= 11 is 0.570. The summed E-state index contributed by atoms with van der Waals surface area (Å²) in [7, 11) is -4.89. The van der Waals surface area contributed by atoms with Gasteiger partial charge in [-0.25, -0.2) is 4.28 Å². The fourth-order valence-electron chi connectivity index (χ4n) is 1.76. The highest BCUT2D eigenvalue weighted by molar-refractivity contribution is 8.14. The van der Waals surface area contributed by atoms with E-state index in [1.165, 1.54) is 0 Å². The molecule has 0 amide bonds. The predicted molar refractivity (Wildman–Crippen MR) is 82.2 cm³/mol. The predicted octanol–water partition coefficient (Wildman–Crippen LogP) is -2.41. The van der Waals surface area contributed by atoms with Crippen molar-refractivity contribution in [3.05, 3.63) is 12.7 Å². The van der Waals surface area contributed by atoms with E-state index in [2.05, 4.69) is 16.0 Å². The minimum absolute atomic E-state index is 0.218. The Bertz CT molecular complexity index is 551. The monoisotopic (exact) mass is 389 g/mol. The Balaban J connectivity index is 2.92. The highest BCUT2D eigenvalue weighted by atomic mass is 32.3. The molecule has 1 fully saturated rings. The minimum Gasteiger partial charge on any atom is -0.394 e. The second-order valence-electron chi connectivity index (χ2n) is 4.81. The summed E-state index contributed by atoms with van der Waals surface area (Å²) in [5, 5.41) is 50.8. The fourth-order valence-corrected chi connectivity index (χ4v) is 3.10. The maximum Gasteiger partial charge on any atom is 0.466 e. The van der Waals surface area contributed by atoms with E-state index in [1.54, 1.807) is 0 Å². The third-order valence-electron chi connectivity index (χ3n) is 2.99. The zero-order valence-electron chi connectivity index (χ0n) is 12.2.